The van der Waals surface area contributed by atoms with Gasteiger partial charge in [-0.2, -0.15) is 0 Å². The quantitative estimate of drug-likeness (QED) is 0.626. The van der Waals surface area contributed by atoms with Crippen LogP contribution in [0, 0.1) is 17.8 Å². The van der Waals surface area contributed by atoms with Crippen LogP contribution < -0.4 is 0 Å². The van der Waals surface area contributed by atoms with Crippen LogP contribution in [0.3, 0.4) is 0 Å². The van der Waals surface area contributed by atoms with Crippen LogP contribution in [0.4, 0.5) is 0 Å². The highest BCUT2D eigenvalue weighted by Crippen LogP contribution is 2.24. The molecule has 0 aromatic rings. The van der Waals surface area contributed by atoms with E-state index in [1.807, 2.05) is 0 Å². The van der Waals surface area contributed by atoms with Crippen molar-refractivity contribution in [3.05, 3.63) is 0 Å². The van der Waals surface area contributed by atoms with E-state index in [-0.39, 0.29) is 0 Å². The van der Waals surface area contributed by atoms with Crippen molar-refractivity contribution in [1.29, 1.82) is 0 Å². The van der Waals surface area contributed by atoms with Gasteiger partial charge in [-0.1, -0.05) is 34.6 Å². The molecule has 0 aromatic carbocycles. The van der Waals surface area contributed by atoms with Crippen molar-refractivity contribution in [1.82, 2.24) is 0 Å². The van der Waals surface area contributed by atoms with Gasteiger partial charge in [0.25, 0.3) is 0 Å². The summed E-state index contributed by atoms with van der Waals surface area (Å²) in [6.07, 6.45) is 1.95. The molecule has 0 rings (SSSR count). The minimum Gasteiger partial charge on any atom is -0.375 e. The third-order valence-corrected chi connectivity index (χ3v) is 2.79. The lowest BCUT2D eigenvalue weighted by molar-refractivity contribution is -0.0432. The van der Waals surface area contributed by atoms with Gasteiger partial charge in [0.2, 0.25) is 0 Å². The topological polar surface area (TPSA) is 9.23 Å². The molecule has 0 aromatic heterocycles. The Balaban J connectivity index is 4.22. The Kier molecular flexibility index (Phi) is 6.43. The van der Waals surface area contributed by atoms with Gasteiger partial charge in [0.15, 0.2) is 0 Å². The Labute approximate surface area is 90.2 Å². The standard InChI is InChI=1S/C13H28O/c1-9(2)8-13(14-11(5)6)12(7)10(3)4/h9-13H,8H2,1-7H3. The van der Waals surface area contributed by atoms with Gasteiger partial charge in [-0.3, -0.25) is 0 Å². The third kappa shape index (κ3) is 5.64. The predicted octanol–water partition coefficient (Wildman–Crippen LogP) is 4.12. The van der Waals surface area contributed by atoms with Gasteiger partial charge in [-0.25, -0.2) is 0 Å². The summed E-state index contributed by atoms with van der Waals surface area (Å²) in [6.45, 7) is 15.7. The van der Waals surface area contributed by atoms with Crippen molar-refractivity contribution < 1.29 is 4.74 Å². The summed E-state index contributed by atoms with van der Waals surface area (Å²) in [4.78, 5) is 0. The second-order valence-electron chi connectivity index (χ2n) is 5.46. The molecule has 0 aliphatic heterocycles. The highest BCUT2D eigenvalue weighted by molar-refractivity contribution is 4.71. The highest BCUT2D eigenvalue weighted by Gasteiger charge is 2.22. The fourth-order valence-corrected chi connectivity index (χ4v) is 1.64. The van der Waals surface area contributed by atoms with Crippen molar-refractivity contribution in [2.45, 2.75) is 67.1 Å². The molecule has 0 saturated carbocycles. The molecule has 0 aliphatic rings. The Hall–Kier alpha value is -0.0400. The Bertz CT molecular complexity index is 128. The number of rotatable bonds is 6. The first kappa shape index (κ1) is 14.0. The van der Waals surface area contributed by atoms with Crippen LogP contribution in [0.25, 0.3) is 0 Å². The molecule has 0 N–H and O–H groups in total. The summed E-state index contributed by atoms with van der Waals surface area (Å²) in [5.74, 6) is 2.08. The van der Waals surface area contributed by atoms with E-state index < -0.39 is 0 Å². The first-order valence-electron chi connectivity index (χ1n) is 6.00. The van der Waals surface area contributed by atoms with Gasteiger partial charge in [-0.05, 0) is 38.0 Å². The second-order valence-corrected chi connectivity index (χ2v) is 5.46. The predicted molar refractivity (Wildman–Crippen MR) is 63.5 cm³/mol. The van der Waals surface area contributed by atoms with Gasteiger partial charge in [0, 0.05) is 0 Å². The average molecular weight is 200 g/mol. The zero-order valence-electron chi connectivity index (χ0n) is 11.0. The van der Waals surface area contributed by atoms with Gasteiger partial charge in [0.1, 0.15) is 0 Å². The molecule has 86 valence electrons. The van der Waals surface area contributed by atoms with Crippen molar-refractivity contribution in [3.8, 4) is 0 Å². The van der Waals surface area contributed by atoms with Gasteiger partial charge < -0.3 is 4.74 Å². The molecule has 0 spiro atoms. The van der Waals surface area contributed by atoms with Gasteiger partial charge >= 0.3 is 0 Å². The summed E-state index contributed by atoms with van der Waals surface area (Å²) >= 11 is 0. The van der Waals surface area contributed by atoms with Crippen LogP contribution in [-0.2, 0) is 4.74 Å². The SMILES string of the molecule is CC(C)CC(OC(C)C)C(C)C(C)C. The van der Waals surface area contributed by atoms with E-state index in [0.717, 1.165) is 5.92 Å². The molecule has 2 atom stereocenters. The summed E-state index contributed by atoms with van der Waals surface area (Å²) in [6, 6.07) is 0. The van der Waals surface area contributed by atoms with Crippen LogP contribution in [0.15, 0.2) is 0 Å². The summed E-state index contributed by atoms with van der Waals surface area (Å²) < 4.78 is 5.98. The maximum absolute atomic E-state index is 5.98. The number of ether oxygens (including phenoxy) is 1. The normalized spacial score (nSPS) is 16.7. The van der Waals surface area contributed by atoms with E-state index in [1.54, 1.807) is 0 Å². The first-order valence-corrected chi connectivity index (χ1v) is 6.00. The molecule has 0 amide bonds. The van der Waals surface area contributed by atoms with Crippen molar-refractivity contribution >= 4 is 0 Å². The maximum Gasteiger partial charge on any atom is 0.0609 e. The second kappa shape index (κ2) is 6.44. The Morgan fingerprint density at radius 1 is 0.857 bits per heavy atom. The summed E-state index contributed by atoms with van der Waals surface area (Å²) in [7, 11) is 0. The van der Waals surface area contributed by atoms with E-state index in [0.29, 0.717) is 24.0 Å². The van der Waals surface area contributed by atoms with Crippen molar-refractivity contribution in [3.63, 3.8) is 0 Å². The molecule has 0 radical (unpaired) electrons. The van der Waals surface area contributed by atoms with E-state index in [9.17, 15) is 0 Å². The fraction of sp³-hybridized carbons (Fsp3) is 1.00. The monoisotopic (exact) mass is 200 g/mol. The smallest absolute Gasteiger partial charge is 0.0609 e. The molecule has 0 aliphatic carbocycles. The molecule has 0 fully saturated rings. The average Bonchev–Trinajstić information content (AvgIpc) is 1.99. The lowest BCUT2D eigenvalue weighted by atomic mass is 9.87. The molecule has 1 nitrogen and oxygen atoms in total. The third-order valence-electron chi connectivity index (χ3n) is 2.79. The molecule has 0 bridgehead atoms. The Morgan fingerprint density at radius 3 is 1.64 bits per heavy atom. The van der Waals surface area contributed by atoms with Crippen LogP contribution in [0.2, 0.25) is 0 Å². The van der Waals surface area contributed by atoms with E-state index >= 15 is 0 Å². The summed E-state index contributed by atoms with van der Waals surface area (Å²) in [5.41, 5.74) is 0. The molecule has 0 saturated heterocycles. The molecule has 14 heavy (non-hydrogen) atoms. The van der Waals surface area contributed by atoms with Crippen LogP contribution >= 0.6 is 0 Å². The van der Waals surface area contributed by atoms with Crippen LogP contribution in [-0.4, -0.2) is 12.2 Å². The molecule has 2 unspecified atom stereocenters. The minimum atomic E-state index is 0.347. The minimum absolute atomic E-state index is 0.347. The summed E-state index contributed by atoms with van der Waals surface area (Å²) in [5, 5.41) is 0. The largest absolute Gasteiger partial charge is 0.375 e. The molecule has 0 heterocycles. The van der Waals surface area contributed by atoms with Gasteiger partial charge in [0.05, 0.1) is 12.2 Å². The van der Waals surface area contributed by atoms with Crippen molar-refractivity contribution in [2.24, 2.45) is 17.8 Å². The number of hydrogen-bond donors (Lipinski definition) is 0. The Morgan fingerprint density at radius 2 is 1.36 bits per heavy atom. The van der Waals surface area contributed by atoms with Gasteiger partial charge in [-0.15, -0.1) is 0 Å². The maximum atomic E-state index is 5.98. The highest BCUT2D eigenvalue weighted by atomic mass is 16.5. The van der Waals surface area contributed by atoms with Crippen LogP contribution in [0.1, 0.15) is 54.9 Å². The lowest BCUT2D eigenvalue weighted by Crippen LogP contribution is -2.29. The number of hydrogen-bond acceptors (Lipinski definition) is 1. The molecule has 1 heteroatoms. The molecular formula is C13H28O. The van der Waals surface area contributed by atoms with E-state index in [2.05, 4.69) is 48.5 Å². The van der Waals surface area contributed by atoms with Crippen molar-refractivity contribution in [2.75, 3.05) is 0 Å². The zero-order valence-corrected chi connectivity index (χ0v) is 11.0. The zero-order chi connectivity index (χ0) is 11.3. The van der Waals surface area contributed by atoms with Crippen LogP contribution in [0.5, 0.6) is 0 Å². The van der Waals surface area contributed by atoms with E-state index in [4.69, 9.17) is 4.74 Å². The lowest BCUT2D eigenvalue weighted by Gasteiger charge is -2.30. The fourth-order valence-electron chi connectivity index (χ4n) is 1.64. The first-order chi connectivity index (χ1) is 6.34. The molecular weight excluding hydrogens is 172 g/mol. The van der Waals surface area contributed by atoms with E-state index in [1.165, 1.54) is 6.42 Å².